The summed E-state index contributed by atoms with van der Waals surface area (Å²) >= 11 is 5.73. The summed E-state index contributed by atoms with van der Waals surface area (Å²) in [5, 5.41) is 11.3. The van der Waals surface area contributed by atoms with Gasteiger partial charge in [0.2, 0.25) is 11.8 Å². The van der Waals surface area contributed by atoms with Crippen LogP contribution in [-0.2, 0) is 9.59 Å². The molecule has 0 radical (unpaired) electrons. The second kappa shape index (κ2) is 6.17. The van der Waals surface area contributed by atoms with Crippen molar-refractivity contribution in [2.45, 2.75) is 12.5 Å². The standard InChI is InChI=1S/C11H12ClN3O4/c12-5-2-1-3-7(9(5)11(18)19)15-10(17)6(13)4-8(14)16/h1-3,6H,4,13H2,(H2,14,16)(H,15,17)(H,18,19). The number of primary amides is 1. The van der Waals surface area contributed by atoms with Crippen LogP contribution in [0.15, 0.2) is 18.2 Å². The Morgan fingerprint density at radius 3 is 2.53 bits per heavy atom. The summed E-state index contributed by atoms with van der Waals surface area (Å²) in [6.07, 6.45) is -0.338. The van der Waals surface area contributed by atoms with Crippen LogP contribution in [0.4, 0.5) is 5.69 Å². The van der Waals surface area contributed by atoms with E-state index < -0.39 is 23.8 Å². The molecule has 0 heterocycles. The summed E-state index contributed by atoms with van der Waals surface area (Å²) in [5.74, 6) is -2.74. The molecular weight excluding hydrogens is 274 g/mol. The first-order valence-electron chi connectivity index (χ1n) is 5.19. The topological polar surface area (TPSA) is 136 Å². The van der Waals surface area contributed by atoms with E-state index in [1.165, 1.54) is 18.2 Å². The summed E-state index contributed by atoms with van der Waals surface area (Å²) in [7, 11) is 0. The van der Waals surface area contributed by atoms with Gasteiger partial charge in [-0.2, -0.15) is 0 Å². The maximum Gasteiger partial charge on any atom is 0.339 e. The smallest absolute Gasteiger partial charge is 0.339 e. The van der Waals surface area contributed by atoms with E-state index in [-0.39, 0.29) is 22.7 Å². The average Bonchev–Trinajstić information content (AvgIpc) is 2.27. The molecule has 0 fully saturated rings. The summed E-state index contributed by atoms with van der Waals surface area (Å²) in [4.78, 5) is 33.3. The van der Waals surface area contributed by atoms with Gasteiger partial charge in [0.1, 0.15) is 5.56 Å². The Hall–Kier alpha value is -2.12. The lowest BCUT2D eigenvalue weighted by molar-refractivity contribution is -0.123. The SMILES string of the molecule is NC(=O)CC(N)C(=O)Nc1cccc(Cl)c1C(=O)O. The number of carbonyl (C=O) groups is 3. The average molecular weight is 286 g/mol. The number of anilines is 1. The first-order valence-corrected chi connectivity index (χ1v) is 5.57. The van der Waals surface area contributed by atoms with Crippen LogP contribution in [0.3, 0.4) is 0 Å². The minimum Gasteiger partial charge on any atom is -0.478 e. The van der Waals surface area contributed by atoms with Gasteiger partial charge in [0.25, 0.3) is 0 Å². The van der Waals surface area contributed by atoms with Gasteiger partial charge < -0.3 is 21.9 Å². The molecule has 0 aliphatic carbocycles. The quantitative estimate of drug-likeness (QED) is 0.612. The predicted octanol–water partition coefficient (Wildman–Crippen LogP) is 0.179. The summed E-state index contributed by atoms with van der Waals surface area (Å²) in [6, 6.07) is 3.07. The van der Waals surface area contributed by atoms with E-state index in [1.807, 2.05) is 0 Å². The molecule has 102 valence electrons. The molecule has 1 atom stereocenters. The van der Waals surface area contributed by atoms with Crippen LogP contribution < -0.4 is 16.8 Å². The van der Waals surface area contributed by atoms with Crippen molar-refractivity contribution >= 4 is 35.1 Å². The van der Waals surface area contributed by atoms with Gasteiger partial charge in [-0.15, -0.1) is 0 Å². The van der Waals surface area contributed by atoms with Gasteiger partial charge in [0.05, 0.1) is 23.2 Å². The molecule has 1 aromatic rings. The molecule has 1 unspecified atom stereocenters. The highest BCUT2D eigenvalue weighted by Crippen LogP contribution is 2.24. The first kappa shape index (κ1) is 14.9. The Morgan fingerprint density at radius 1 is 1.37 bits per heavy atom. The van der Waals surface area contributed by atoms with E-state index in [0.717, 1.165) is 0 Å². The van der Waals surface area contributed by atoms with Gasteiger partial charge in [-0.1, -0.05) is 17.7 Å². The highest BCUT2D eigenvalue weighted by Gasteiger charge is 2.20. The first-order chi connectivity index (χ1) is 8.82. The Balaban J connectivity index is 2.94. The fraction of sp³-hybridized carbons (Fsp3) is 0.182. The van der Waals surface area contributed by atoms with E-state index in [0.29, 0.717) is 0 Å². The van der Waals surface area contributed by atoms with Gasteiger partial charge in [0, 0.05) is 0 Å². The van der Waals surface area contributed by atoms with E-state index in [1.54, 1.807) is 0 Å². The number of carbonyl (C=O) groups excluding carboxylic acids is 2. The highest BCUT2D eigenvalue weighted by molar-refractivity contribution is 6.34. The number of rotatable bonds is 5. The Bertz CT molecular complexity index is 533. The third kappa shape index (κ3) is 3.94. The van der Waals surface area contributed by atoms with Gasteiger partial charge >= 0.3 is 5.97 Å². The van der Waals surface area contributed by atoms with Crippen LogP contribution in [0.25, 0.3) is 0 Å². The molecule has 8 heteroatoms. The molecule has 0 saturated carbocycles. The lowest BCUT2D eigenvalue weighted by Gasteiger charge is -2.13. The van der Waals surface area contributed by atoms with E-state index >= 15 is 0 Å². The van der Waals surface area contributed by atoms with Crippen molar-refractivity contribution in [1.82, 2.24) is 0 Å². The van der Waals surface area contributed by atoms with Crippen LogP contribution >= 0.6 is 11.6 Å². The van der Waals surface area contributed by atoms with Gasteiger partial charge in [-0.05, 0) is 12.1 Å². The van der Waals surface area contributed by atoms with E-state index in [4.69, 9.17) is 28.2 Å². The number of halogens is 1. The zero-order chi connectivity index (χ0) is 14.6. The third-order valence-electron chi connectivity index (χ3n) is 2.24. The fourth-order valence-electron chi connectivity index (χ4n) is 1.38. The molecule has 6 N–H and O–H groups in total. The minimum atomic E-state index is -1.29. The Kier molecular flexibility index (Phi) is 4.85. The van der Waals surface area contributed by atoms with Crippen LogP contribution in [0.2, 0.25) is 5.02 Å². The number of aromatic carboxylic acids is 1. The number of carboxylic acids is 1. The third-order valence-corrected chi connectivity index (χ3v) is 2.56. The molecule has 0 aliphatic rings. The molecule has 1 aromatic carbocycles. The zero-order valence-electron chi connectivity index (χ0n) is 9.72. The monoisotopic (exact) mass is 285 g/mol. The van der Waals surface area contributed by atoms with Crippen molar-refractivity contribution < 1.29 is 19.5 Å². The van der Waals surface area contributed by atoms with Crippen LogP contribution in [-0.4, -0.2) is 28.9 Å². The second-order valence-corrected chi connectivity index (χ2v) is 4.14. The molecule has 0 aromatic heterocycles. The van der Waals surface area contributed by atoms with Crippen molar-refractivity contribution in [3.63, 3.8) is 0 Å². The van der Waals surface area contributed by atoms with Crippen LogP contribution in [0.1, 0.15) is 16.8 Å². The largest absolute Gasteiger partial charge is 0.478 e. The van der Waals surface area contributed by atoms with Crippen LogP contribution in [0, 0.1) is 0 Å². The van der Waals surface area contributed by atoms with E-state index in [9.17, 15) is 14.4 Å². The lowest BCUT2D eigenvalue weighted by atomic mass is 10.1. The maximum absolute atomic E-state index is 11.7. The number of amides is 2. The van der Waals surface area contributed by atoms with Crippen LogP contribution in [0.5, 0.6) is 0 Å². The number of benzene rings is 1. The molecule has 2 amide bonds. The number of hydrogen-bond donors (Lipinski definition) is 4. The van der Waals surface area contributed by atoms with Gasteiger partial charge in [-0.3, -0.25) is 9.59 Å². The summed E-state index contributed by atoms with van der Waals surface area (Å²) in [5.41, 5.74) is 10.1. The van der Waals surface area contributed by atoms with Gasteiger partial charge in [0.15, 0.2) is 0 Å². The molecule has 7 nitrogen and oxygen atoms in total. The van der Waals surface area contributed by atoms with Crippen molar-refractivity contribution in [2.24, 2.45) is 11.5 Å². The van der Waals surface area contributed by atoms with Crippen molar-refractivity contribution in [2.75, 3.05) is 5.32 Å². The number of nitrogens with two attached hydrogens (primary N) is 2. The van der Waals surface area contributed by atoms with Gasteiger partial charge in [-0.25, -0.2) is 4.79 Å². The molecule has 0 saturated heterocycles. The predicted molar refractivity (Wildman–Crippen MR) is 68.8 cm³/mol. The summed E-state index contributed by atoms with van der Waals surface area (Å²) in [6.45, 7) is 0. The Morgan fingerprint density at radius 2 is 2.00 bits per heavy atom. The normalized spacial score (nSPS) is 11.7. The van der Waals surface area contributed by atoms with E-state index in [2.05, 4.69) is 5.32 Å². The molecule has 0 spiro atoms. The minimum absolute atomic E-state index is 0.00456. The number of carboxylic acid groups (broad SMARTS) is 1. The second-order valence-electron chi connectivity index (χ2n) is 3.73. The molecule has 0 bridgehead atoms. The molecule has 19 heavy (non-hydrogen) atoms. The van der Waals surface area contributed by atoms with Crippen molar-refractivity contribution in [1.29, 1.82) is 0 Å². The molecule has 0 aliphatic heterocycles. The highest BCUT2D eigenvalue weighted by atomic mass is 35.5. The molecule has 1 rings (SSSR count). The summed E-state index contributed by atoms with van der Waals surface area (Å²) < 4.78 is 0. The Labute approximate surface area is 113 Å². The number of hydrogen-bond acceptors (Lipinski definition) is 4. The van der Waals surface area contributed by atoms with Crippen molar-refractivity contribution in [3.8, 4) is 0 Å². The maximum atomic E-state index is 11.7. The zero-order valence-corrected chi connectivity index (χ0v) is 10.5. The number of nitrogens with one attached hydrogen (secondary N) is 1. The molecular formula is C11H12ClN3O4. The van der Waals surface area contributed by atoms with Crippen molar-refractivity contribution in [3.05, 3.63) is 28.8 Å². The lowest BCUT2D eigenvalue weighted by Crippen LogP contribution is -2.39. The fourth-order valence-corrected chi connectivity index (χ4v) is 1.64.